The van der Waals surface area contributed by atoms with Gasteiger partial charge in [-0.05, 0) is 29.9 Å². The minimum absolute atomic E-state index is 0.148. The molecule has 0 aliphatic carbocycles. The highest BCUT2D eigenvalue weighted by molar-refractivity contribution is 7.99. The molecule has 2 rings (SSSR count). The van der Waals surface area contributed by atoms with Gasteiger partial charge >= 0.3 is 5.97 Å². The maximum atomic E-state index is 10.9. The second-order valence-electron chi connectivity index (χ2n) is 4.33. The zero-order valence-electron chi connectivity index (χ0n) is 10.7. The minimum Gasteiger partial charge on any atom is -0.493 e. The van der Waals surface area contributed by atoms with Crippen molar-refractivity contribution in [3.63, 3.8) is 0 Å². The lowest BCUT2D eigenvalue weighted by Crippen LogP contribution is -2.21. The Balaban J connectivity index is 2.22. The molecule has 104 valence electrons. The molecule has 1 aliphatic rings. The van der Waals surface area contributed by atoms with Crippen molar-refractivity contribution in [3.8, 4) is 11.5 Å². The summed E-state index contributed by atoms with van der Waals surface area (Å²) in [6.45, 7) is 0. The minimum atomic E-state index is -1.06. The first-order valence-electron chi connectivity index (χ1n) is 6.02. The van der Waals surface area contributed by atoms with Gasteiger partial charge in [0.25, 0.3) is 0 Å². The molecule has 0 aromatic heterocycles. The van der Waals surface area contributed by atoms with Crippen LogP contribution in [0.1, 0.15) is 18.0 Å². The number of carboxylic acids is 1. The van der Waals surface area contributed by atoms with Gasteiger partial charge in [0.15, 0.2) is 11.5 Å². The first-order valence-corrected chi connectivity index (χ1v) is 7.18. The molecule has 1 fully saturated rings. The number of hydrogen-bond donors (Lipinski definition) is 2. The Hall–Kier alpha value is -1.40. The lowest BCUT2D eigenvalue weighted by molar-refractivity contribution is -0.138. The molecule has 0 bridgehead atoms. The van der Waals surface area contributed by atoms with Gasteiger partial charge in [-0.2, -0.15) is 11.8 Å². The smallest absolute Gasteiger partial charge is 0.325 e. The van der Waals surface area contributed by atoms with Crippen molar-refractivity contribution in [3.05, 3.63) is 23.8 Å². The van der Waals surface area contributed by atoms with Crippen LogP contribution in [0, 0.1) is 0 Å². The molecule has 0 saturated carbocycles. The van der Waals surface area contributed by atoms with Gasteiger partial charge in [-0.15, -0.1) is 0 Å². The van der Waals surface area contributed by atoms with Crippen LogP contribution in [-0.4, -0.2) is 35.8 Å². The lowest BCUT2D eigenvalue weighted by Gasteiger charge is -2.17. The molecule has 1 heterocycles. The molecule has 1 aromatic carbocycles. The maximum Gasteiger partial charge on any atom is 0.325 e. The fraction of sp³-hybridized carbons (Fsp3) is 0.462. The highest BCUT2D eigenvalue weighted by Gasteiger charge is 2.21. The standard InChI is InChI=1S/C13H17NO4S/c1-17-10-3-2-8(12(14)13(15)16)6-11(10)18-9-4-5-19-7-9/h2-3,6,9,12H,4-5,7,14H2,1H3,(H,15,16). The van der Waals surface area contributed by atoms with Gasteiger partial charge in [0.05, 0.1) is 7.11 Å². The summed E-state index contributed by atoms with van der Waals surface area (Å²) in [5, 5.41) is 8.94. The van der Waals surface area contributed by atoms with Crippen molar-refractivity contribution in [1.82, 2.24) is 0 Å². The number of ether oxygens (including phenoxy) is 2. The van der Waals surface area contributed by atoms with E-state index in [2.05, 4.69) is 0 Å². The van der Waals surface area contributed by atoms with E-state index in [0.717, 1.165) is 17.9 Å². The Kier molecular flexibility index (Phi) is 4.55. The SMILES string of the molecule is COc1ccc(C(N)C(=O)O)cc1OC1CCSC1. The van der Waals surface area contributed by atoms with E-state index < -0.39 is 12.0 Å². The van der Waals surface area contributed by atoms with Crippen molar-refractivity contribution >= 4 is 17.7 Å². The third-order valence-corrected chi connectivity index (χ3v) is 4.13. The van der Waals surface area contributed by atoms with Gasteiger partial charge in [0.1, 0.15) is 12.1 Å². The van der Waals surface area contributed by atoms with Gasteiger partial charge in [-0.1, -0.05) is 6.07 Å². The largest absolute Gasteiger partial charge is 0.493 e. The molecular formula is C13H17NO4S. The average Bonchev–Trinajstić information content (AvgIpc) is 2.90. The second kappa shape index (κ2) is 6.16. The van der Waals surface area contributed by atoms with E-state index in [1.807, 2.05) is 11.8 Å². The zero-order valence-corrected chi connectivity index (χ0v) is 11.5. The fourth-order valence-corrected chi connectivity index (χ4v) is 3.00. The van der Waals surface area contributed by atoms with E-state index in [-0.39, 0.29) is 6.10 Å². The summed E-state index contributed by atoms with van der Waals surface area (Å²) in [6, 6.07) is 3.94. The molecule has 1 aliphatic heterocycles. The number of thioether (sulfide) groups is 1. The molecule has 2 atom stereocenters. The van der Waals surface area contributed by atoms with Gasteiger partial charge in [-0.25, -0.2) is 0 Å². The van der Waals surface area contributed by atoms with Gasteiger partial charge < -0.3 is 20.3 Å². The Morgan fingerprint density at radius 2 is 2.32 bits per heavy atom. The van der Waals surface area contributed by atoms with Gasteiger partial charge in [0.2, 0.25) is 0 Å². The Morgan fingerprint density at radius 1 is 1.53 bits per heavy atom. The van der Waals surface area contributed by atoms with E-state index in [1.165, 1.54) is 0 Å². The molecule has 1 aromatic rings. The Bertz CT molecular complexity index is 460. The summed E-state index contributed by atoms with van der Waals surface area (Å²) in [5.41, 5.74) is 6.11. The van der Waals surface area contributed by atoms with Crippen LogP contribution in [0.15, 0.2) is 18.2 Å². The molecule has 0 spiro atoms. The van der Waals surface area contributed by atoms with Crippen LogP contribution >= 0.6 is 11.8 Å². The summed E-state index contributed by atoms with van der Waals surface area (Å²) in [6.07, 6.45) is 1.14. The van der Waals surface area contributed by atoms with Crippen molar-refractivity contribution in [2.45, 2.75) is 18.6 Å². The van der Waals surface area contributed by atoms with E-state index in [4.69, 9.17) is 20.3 Å². The zero-order chi connectivity index (χ0) is 13.8. The normalized spacial score (nSPS) is 20.0. The predicted molar refractivity (Wildman–Crippen MR) is 73.9 cm³/mol. The second-order valence-corrected chi connectivity index (χ2v) is 5.48. The molecule has 0 radical (unpaired) electrons. The number of carbonyl (C=O) groups is 1. The first kappa shape index (κ1) is 14.0. The maximum absolute atomic E-state index is 10.9. The van der Waals surface area contributed by atoms with E-state index in [1.54, 1.807) is 25.3 Å². The number of methoxy groups -OCH3 is 1. The van der Waals surface area contributed by atoms with Crippen molar-refractivity contribution in [2.24, 2.45) is 5.73 Å². The highest BCUT2D eigenvalue weighted by Crippen LogP contribution is 2.33. The quantitative estimate of drug-likeness (QED) is 0.855. The summed E-state index contributed by atoms with van der Waals surface area (Å²) in [4.78, 5) is 10.9. The Labute approximate surface area is 116 Å². The molecule has 19 heavy (non-hydrogen) atoms. The van der Waals surface area contributed by atoms with E-state index in [0.29, 0.717) is 17.1 Å². The van der Waals surface area contributed by atoms with E-state index in [9.17, 15) is 4.79 Å². The number of benzene rings is 1. The van der Waals surface area contributed by atoms with Crippen LogP contribution in [0.4, 0.5) is 0 Å². The monoisotopic (exact) mass is 283 g/mol. The lowest BCUT2D eigenvalue weighted by atomic mass is 10.1. The predicted octanol–water partition coefficient (Wildman–Crippen LogP) is 1.66. The molecule has 1 saturated heterocycles. The number of nitrogens with two attached hydrogens (primary N) is 1. The highest BCUT2D eigenvalue weighted by atomic mass is 32.2. The Morgan fingerprint density at radius 3 is 2.89 bits per heavy atom. The van der Waals surface area contributed by atoms with Crippen molar-refractivity contribution in [1.29, 1.82) is 0 Å². The summed E-state index contributed by atoms with van der Waals surface area (Å²) in [7, 11) is 1.56. The summed E-state index contributed by atoms with van der Waals surface area (Å²) in [5.74, 6) is 2.12. The molecule has 0 amide bonds. The topological polar surface area (TPSA) is 81.8 Å². The van der Waals surface area contributed by atoms with Crippen LogP contribution in [-0.2, 0) is 4.79 Å². The third kappa shape index (κ3) is 3.33. The summed E-state index contributed by atoms with van der Waals surface area (Å²) < 4.78 is 11.1. The van der Waals surface area contributed by atoms with Gasteiger partial charge in [-0.3, -0.25) is 4.79 Å². The fourth-order valence-electron chi connectivity index (χ4n) is 1.91. The third-order valence-electron chi connectivity index (χ3n) is 2.99. The van der Waals surface area contributed by atoms with Crippen LogP contribution in [0.5, 0.6) is 11.5 Å². The van der Waals surface area contributed by atoms with Crippen molar-refractivity contribution < 1.29 is 19.4 Å². The molecule has 2 unspecified atom stereocenters. The number of carboxylic acid groups (broad SMARTS) is 1. The van der Waals surface area contributed by atoms with Gasteiger partial charge in [0, 0.05) is 5.75 Å². The number of rotatable bonds is 5. The molecule has 3 N–H and O–H groups in total. The summed E-state index contributed by atoms with van der Waals surface area (Å²) >= 11 is 1.85. The van der Waals surface area contributed by atoms with Crippen LogP contribution in [0.3, 0.4) is 0 Å². The van der Waals surface area contributed by atoms with Crippen LogP contribution in [0.2, 0.25) is 0 Å². The molecule has 5 nitrogen and oxygen atoms in total. The average molecular weight is 283 g/mol. The van der Waals surface area contributed by atoms with Crippen LogP contribution < -0.4 is 15.2 Å². The molecule has 6 heteroatoms. The first-order chi connectivity index (χ1) is 9.11. The van der Waals surface area contributed by atoms with E-state index >= 15 is 0 Å². The van der Waals surface area contributed by atoms with Crippen LogP contribution in [0.25, 0.3) is 0 Å². The molecular weight excluding hydrogens is 266 g/mol. The van der Waals surface area contributed by atoms with Crippen molar-refractivity contribution in [2.75, 3.05) is 18.6 Å². The number of aliphatic carboxylic acids is 1. The number of hydrogen-bond acceptors (Lipinski definition) is 5.